The summed E-state index contributed by atoms with van der Waals surface area (Å²) in [6.07, 6.45) is 1.07. The summed E-state index contributed by atoms with van der Waals surface area (Å²) in [5, 5.41) is 0. The molecule has 0 N–H and O–H groups in total. The van der Waals surface area contributed by atoms with Crippen molar-refractivity contribution in [2.75, 3.05) is 38.6 Å². The maximum absolute atomic E-state index is 13.2. The van der Waals surface area contributed by atoms with Gasteiger partial charge in [-0.15, -0.1) is 0 Å². The largest absolute Gasteiger partial charge is 0.329 e. The fourth-order valence-corrected chi connectivity index (χ4v) is 3.34. The van der Waals surface area contributed by atoms with E-state index >= 15 is 0 Å². The first-order valence-corrected chi connectivity index (χ1v) is 8.49. The quantitative estimate of drug-likeness (QED) is 0.855. The number of hydrogen-bond donors (Lipinski definition) is 0. The van der Waals surface area contributed by atoms with Crippen LogP contribution in [-0.4, -0.2) is 49.6 Å². The molecule has 126 valence electrons. The number of benzene rings is 2. The number of nitrogens with zero attached hydrogens (tertiary/aromatic N) is 3. The number of carbonyl (C=O) groups is 1. The minimum atomic E-state index is 0.0636. The van der Waals surface area contributed by atoms with Gasteiger partial charge in [0.05, 0.1) is 11.4 Å². The number of amides is 2. The number of anilines is 2. The first-order valence-electron chi connectivity index (χ1n) is 8.49. The molecule has 4 heteroatoms. The van der Waals surface area contributed by atoms with Crippen LogP contribution in [-0.2, 0) is 0 Å². The number of likely N-dealkylation sites (tertiary alicyclic amines) is 1. The van der Waals surface area contributed by atoms with Crippen molar-refractivity contribution in [3.05, 3.63) is 60.7 Å². The Morgan fingerprint density at radius 3 is 2.04 bits per heavy atom. The lowest BCUT2D eigenvalue weighted by Gasteiger charge is -2.28. The predicted octanol–water partition coefficient (Wildman–Crippen LogP) is 3.83. The third-order valence-electron chi connectivity index (χ3n) is 4.40. The van der Waals surface area contributed by atoms with Crippen LogP contribution in [0.3, 0.4) is 0 Å². The van der Waals surface area contributed by atoms with Gasteiger partial charge < -0.3 is 9.80 Å². The Morgan fingerprint density at radius 2 is 1.54 bits per heavy atom. The standard InChI is InChI=1S/C20H25N3O/c1-21(2)15-17-13-14-22(16-17)20(24)23(18-9-5-3-6-10-18)19-11-7-4-8-12-19/h3-12,17H,13-16H2,1-2H3/t17-/m0/s1. The molecule has 24 heavy (non-hydrogen) atoms. The molecule has 0 radical (unpaired) electrons. The van der Waals surface area contributed by atoms with Crippen LogP contribution in [0.5, 0.6) is 0 Å². The molecule has 3 rings (SSSR count). The van der Waals surface area contributed by atoms with Gasteiger partial charge in [0.2, 0.25) is 0 Å². The molecule has 1 aliphatic heterocycles. The smallest absolute Gasteiger partial charge is 0.324 e. The Balaban J connectivity index is 1.83. The monoisotopic (exact) mass is 323 g/mol. The minimum absolute atomic E-state index is 0.0636. The van der Waals surface area contributed by atoms with Crippen molar-refractivity contribution >= 4 is 17.4 Å². The van der Waals surface area contributed by atoms with E-state index in [-0.39, 0.29) is 6.03 Å². The van der Waals surface area contributed by atoms with Crippen molar-refractivity contribution in [2.24, 2.45) is 5.92 Å². The summed E-state index contributed by atoms with van der Waals surface area (Å²) >= 11 is 0. The van der Waals surface area contributed by atoms with E-state index in [9.17, 15) is 4.79 Å². The van der Waals surface area contributed by atoms with E-state index in [2.05, 4.69) is 19.0 Å². The van der Waals surface area contributed by atoms with E-state index in [1.165, 1.54) is 0 Å². The second-order valence-corrected chi connectivity index (χ2v) is 6.65. The van der Waals surface area contributed by atoms with Crippen LogP contribution >= 0.6 is 0 Å². The molecule has 0 bridgehead atoms. The maximum Gasteiger partial charge on any atom is 0.329 e. The lowest BCUT2D eigenvalue weighted by molar-refractivity contribution is 0.214. The average molecular weight is 323 g/mol. The summed E-state index contributed by atoms with van der Waals surface area (Å²) in [5.41, 5.74) is 1.81. The van der Waals surface area contributed by atoms with E-state index in [1.54, 1.807) is 0 Å². The zero-order valence-electron chi connectivity index (χ0n) is 14.4. The molecule has 1 aliphatic rings. The lowest BCUT2D eigenvalue weighted by Crippen LogP contribution is -2.40. The highest BCUT2D eigenvalue weighted by Crippen LogP contribution is 2.28. The molecule has 2 aromatic carbocycles. The van der Waals surface area contributed by atoms with Crippen LogP contribution in [0.15, 0.2) is 60.7 Å². The van der Waals surface area contributed by atoms with E-state index in [0.29, 0.717) is 5.92 Å². The number of urea groups is 1. The molecule has 1 heterocycles. The second-order valence-electron chi connectivity index (χ2n) is 6.65. The van der Waals surface area contributed by atoms with Crippen molar-refractivity contribution in [3.63, 3.8) is 0 Å². The van der Waals surface area contributed by atoms with Crippen LogP contribution in [0.2, 0.25) is 0 Å². The van der Waals surface area contributed by atoms with Gasteiger partial charge >= 0.3 is 6.03 Å². The molecule has 0 saturated carbocycles. The molecular weight excluding hydrogens is 298 g/mol. The lowest BCUT2D eigenvalue weighted by atomic mass is 10.1. The van der Waals surface area contributed by atoms with Crippen molar-refractivity contribution in [3.8, 4) is 0 Å². The predicted molar refractivity (Wildman–Crippen MR) is 98.7 cm³/mol. The Kier molecular flexibility index (Phi) is 5.16. The van der Waals surface area contributed by atoms with Crippen LogP contribution in [0.1, 0.15) is 6.42 Å². The fraction of sp³-hybridized carbons (Fsp3) is 0.350. The van der Waals surface area contributed by atoms with E-state index in [0.717, 1.165) is 37.4 Å². The highest BCUT2D eigenvalue weighted by atomic mass is 16.2. The number of carbonyl (C=O) groups excluding carboxylic acids is 1. The maximum atomic E-state index is 13.2. The van der Waals surface area contributed by atoms with Gasteiger partial charge in [0.25, 0.3) is 0 Å². The van der Waals surface area contributed by atoms with Gasteiger partial charge in [-0.3, -0.25) is 4.90 Å². The molecule has 4 nitrogen and oxygen atoms in total. The summed E-state index contributed by atoms with van der Waals surface area (Å²) in [4.78, 5) is 19.2. The molecule has 0 unspecified atom stereocenters. The summed E-state index contributed by atoms with van der Waals surface area (Å²) in [7, 11) is 4.18. The molecule has 2 amide bonds. The van der Waals surface area contributed by atoms with Gasteiger partial charge in [0.15, 0.2) is 0 Å². The molecule has 0 aromatic heterocycles. The zero-order chi connectivity index (χ0) is 16.9. The third-order valence-corrected chi connectivity index (χ3v) is 4.40. The van der Waals surface area contributed by atoms with E-state index < -0.39 is 0 Å². The molecule has 1 saturated heterocycles. The molecule has 1 atom stereocenters. The van der Waals surface area contributed by atoms with E-state index in [4.69, 9.17) is 0 Å². The van der Waals surface area contributed by atoms with Gasteiger partial charge in [-0.2, -0.15) is 0 Å². The minimum Gasteiger partial charge on any atom is -0.324 e. The zero-order valence-corrected chi connectivity index (χ0v) is 14.4. The summed E-state index contributed by atoms with van der Waals surface area (Å²) < 4.78 is 0. The van der Waals surface area contributed by atoms with Crippen LogP contribution in [0.4, 0.5) is 16.2 Å². The molecule has 0 spiro atoms. The Bertz CT molecular complexity index is 618. The normalized spacial score (nSPS) is 17.3. The van der Waals surface area contributed by atoms with Gasteiger partial charge in [0, 0.05) is 19.6 Å². The number of rotatable bonds is 4. The third kappa shape index (κ3) is 3.77. The number of para-hydroxylation sites is 2. The van der Waals surface area contributed by atoms with Crippen molar-refractivity contribution in [1.82, 2.24) is 9.80 Å². The summed E-state index contributed by atoms with van der Waals surface area (Å²) in [5.74, 6) is 0.553. The highest BCUT2D eigenvalue weighted by Gasteiger charge is 2.30. The van der Waals surface area contributed by atoms with Crippen LogP contribution in [0.25, 0.3) is 0 Å². The van der Waals surface area contributed by atoms with Crippen molar-refractivity contribution < 1.29 is 4.79 Å². The second kappa shape index (κ2) is 7.49. The van der Waals surface area contributed by atoms with E-state index in [1.807, 2.05) is 70.5 Å². The first-order chi connectivity index (χ1) is 11.6. The van der Waals surface area contributed by atoms with Crippen molar-refractivity contribution in [2.45, 2.75) is 6.42 Å². The van der Waals surface area contributed by atoms with Crippen LogP contribution in [0, 0.1) is 5.92 Å². The number of hydrogen-bond acceptors (Lipinski definition) is 2. The molecular formula is C20H25N3O. The van der Waals surface area contributed by atoms with Gasteiger partial charge in [-0.05, 0) is 50.7 Å². The average Bonchev–Trinajstić information content (AvgIpc) is 3.05. The Morgan fingerprint density at radius 1 is 1.00 bits per heavy atom. The van der Waals surface area contributed by atoms with Gasteiger partial charge in [-0.1, -0.05) is 36.4 Å². The topological polar surface area (TPSA) is 26.8 Å². The SMILES string of the molecule is CN(C)C[C@@H]1CCN(C(=O)N(c2ccccc2)c2ccccc2)C1. The molecule has 1 fully saturated rings. The van der Waals surface area contributed by atoms with Gasteiger partial charge in [-0.25, -0.2) is 4.79 Å². The summed E-state index contributed by atoms with van der Waals surface area (Å²) in [6, 6.07) is 19.8. The first kappa shape index (κ1) is 16.5. The summed E-state index contributed by atoms with van der Waals surface area (Å²) in [6.45, 7) is 2.68. The Hall–Kier alpha value is -2.33. The van der Waals surface area contributed by atoms with Gasteiger partial charge in [0.1, 0.15) is 0 Å². The van der Waals surface area contributed by atoms with Crippen molar-refractivity contribution in [1.29, 1.82) is 0 Å². The Labute approximate surface area is 144 Å². The highest BCUT2D eigenvalue weighted by molar-refractivity contribution is 5.99. The molecule has 0 aliphatic carbocycles. The molecule has 2 aromatic rings. The van der Waals surface area contributed by atoms with Crippen LogP contribution < -0.4 is 4.90 Å². The fourth-order valence-electron chi connectivity index (χ4n) is 3.34.